The van der Waals surface area contributed by atoms with Gasteiger partial charge >= 0.3 is 146 Å². The van der Waals surface area contributed by atoms with Crippen molar-refractivity contribution in [1.29, 1.82) is 0 Å². The van der Waals surface area contributed by atoms with Gasteiger partial charge in [0.15, 0.2) is 0 Å². The topological polar surface area (TPSA) is 86.0 Å². The zero-order chi connectivity index (χ0) is 25.8. The zero-order valence-electron chi connectivity index (χ0n) is 21.2. The fraction of sp³-hybridized carbons (Fsp3) is 0.100. The minimum atomic E-state index is -1.22. The summed E-state index contributed by atoms with van der Waals surface area (Å²) >= 11 is -1.22. The Morgan fingerprint density at radius 2 is 0.763 bits per heavy atom. The third-order valence-corrected chi connectivity index (χ3v) is 10.6. The van der Waals surface area contributed by atoms with Gasteiger partial charge in [-0.3, -0.25) is 15.3 Å². The molecule has 0 unspecified atom stereocenters. The second kappa shape index (κ2) is 13.6. The van der Waals surface area contributed by atoms with Crippen LogP contribution < -0.4 is 16.8 Å². The first kappa shape index (κ1) is 25.7. The van der Waals surface area contributed by atoms with Gasteiger partial charge in [0.25, 0.3) is 0 Å². The Bertz CT molecular complexity index is 1250. The zero-order valence-corrected chi connectivity index (χ0v) is 22.7. The van der Waals surface area contributed by atoms with Crippen molar-refractivity contribution in [2.24, 2.45) is 0 Å². The van der Waals surface area contributed by atoms with Gasteiger partial charge in [0.05, 0.1) is 0 Å². The second-order valence-corrected chi connectivity index (χ2v) is 13.2. The summed E-state index contributed by atoms with van der Waals surface area (Å²) in [6.07, 6.45) is 5.38. The number of benzene rings is 3. The third-order valence-electron chi connectivity index (χ3n) is 6.34. The van der Waals surface area contributed by atoms with E-state index in [0.29, 0.717) is 0 Å². The first-order chi connectivity index (χ1) is 18.8. The van der Waals surface area contributed by atoms with Gasteiger partial charge in [-0.05, 0) is 18.2 Å². The number of H-pyrrole nitrogens is 3. The number of aromatic amines is 3. The number of nitrogens with one attached hydrogen (secondary N) is 3. The summed E-state index contributed by atoms with van der Waals surface area (Å²) in [5.41, 5.74) is 7.22. The Kier molecular flexibility index (Phi) is 9.18. The number of aromatic nitrogens is 6. The Morgan fingerprint density at radius 3 is 1.03 bits per heavy atom. The Balaban J connectivity index is 0.000000162. The summed E-state index contributed by atoms with van der Waals surface area (Å²) in [5.74, 6) is 0. The molecular formula is C30H30BN6Ti. The Morgan fingerprint density at radius 1 is 0.447 bits per heavy atom. The summed E-state index contributed by atoms with van der Waals surface area (Å²) in [6.45, 7) is -0.0382. The molecular weight excluding hydrogens is 503 g/mol. The standard InChI is InChI=1S/C9H9BN6.3C7H7.Ti/c1-4-11-14-7(1)10(8-2-5-12-15-8)9-3-6-13-16-9;3*1-7-5-3-2-4-6-7;/h1-6H,(H,11,14)(H,12,15)(H,13,16);3*2-6H,1H2;. The number of nitrogens with zero attached hydrogens (tertiary/aromatic N) is 3. The SMILES string of the molecule is c1cc(B(c2cc[nH]n2)c2cc[nH]n2)n[nH]1.c1ccc([CH2][Ti]([CH2]c2ccccc2)[CH2]c2ccccc2)cc1. The normalized spacial score (nSPS) is 10.4. The Labute approximate surface area is 229 Å². The van der Waals surface area contributed by atoms with Crippen LogP contribution in [0.2, 0.25) is 0 Å². The maximum atomic E-state index is 4.20. The number of hydrogen-bond acceptors (Lipinski definition) is 3. The summed E-state index contributed by atoms with van der Waals surface area (Å²) in [4.78, 5) is 0. The molecule has 0 saturated heterocycles. The van der Waals surface area contributed by atoms with Gasteiger partial charge in [0, 0.05) is 35.4 Å². The molecule has 0 bridgehead atoms. The van der Waals surface area contributed by atoms with Crippen LogP contribution in [0.1, 0.15) is 16.7 Å². The van der Waals surface area contributed by atoms with Crippen molar-refractivity contribution >= 4 is 23.5 Å². The maximum absolute atomic E-state index is 4.20. The molecule has 3 N–H and O–H groups in total. The van der Waals surface area contributed by atoms with E-state index in [1.807, 2.05) is 18.2 Å². The average molecular weight is 533 g/mol. The van der Waals surface area contributed by atoms with E-state index in [2.05, 4.69) is 122 Å². The molecule has 0 spiro atoms. The molecule has 38 heavy (non-hydrogen) atoms. The Hall–Kier alpha value is -3.93. The van der Waals surface area contributed by atoms with Crippen molar-refractivity contribution in [1.82, 2.24) is 30.6 Å². The van der Waals surface area contributed by atoms with Crippen LogP contribution in [0.4, 0.5) is 0 Å². The van der Waals surface area contributed by atoms with Crippen molar-refractivity contribution in [3.8, 4) is 0 Å². The minimum absolute atomic E-state index is 0.0382. The van der Waals surface area contributed by atoms with Crippen LogP contribution in [0.5, 0.6) is 0 Å². The van der Waals surface area contributed by atoms with Crippen LogP contribution in [0.3, 0.4) is 0 Å². The molecule has 0 aliphatic heterocycles. The van der Waals surface area contributed by atoms with Crippen molar-refractivity contribution in [2.45, 2.75) is 14.2 Å². The van der Waals surface area contributed by atoms with Crippen LogP contribution in [0, 0.1) is 0 Å². The average Bonchev–Trinajstić information content (AvgIpc) is 3.77. The molecule has 6 nitrogen and oxygen atoms in total. The van der Waals surface area contributed by atoms with Gasteiger partial charge < -0.3 is 0 Å². The molecule has 0 aliphatic rings. The number of hydrogen-bond donors (Lipinski definition) is 3. The van der Waals surface area contributed by atoms with Gasteiger partial charge in [-0.1, -0.05) is 0 Å². The summed E-state index contributed by atoms with van der Waals surface area (Å²) in [5, 5.41) is 21.0. The van der Waals surface area contributed by atoms with Crippen LogP contribution in [-0.2, 0) is 32.0 Å². The third kappa shape index (κ3) is 7.31. The van der Waals surface area contributed by atoms with E-state index in [0.717, 1.165) is 16.8 Å². The summed E-state index contributed by atoms with van der Waals surface area (Å²) < 4.78 is 3.89. The first-order valence-corrected chi connectivity index (χ1v) is 16.1. The van der Waals surface area contributed by atoms with E-state index in [1.54, 1.807) is 18.6 Å². The van der Waals surface area contributed by atoms with Gasteiger partial charge in [0.1, 0.15) is 0 Å². The summed E-state index contributed by atoms with van der Waals surface area (Å²) in [6, 6.07) is 38.8. The second-order valence-electron chi connectivity index (χ2n) is 9.17. The van der Waals surface area contributed by atoms with Crippen LogP contribution in [0.25, 0.3) is 0 Å². The van der Waals surface area contributed by atoms with Gasteiger partial charge in [-0.15, -0.1) is 0 Å². The van der Waals surface area contributed by atoms with E-state index in [-0.39, 0.29) is 6.71 Å². The predicted molar refractivity (Wildman–Crippen MR) is 151 cm³/mol. The fourth-order valence-electron chi connectivity index (χ4n) is 4.59. The molecule has 3 aromatic carbocycles. The number of rotatable bonds is 9. The molecule has 8 heteroatoms. The quantitative estimate of drug-likeness (QED) is 0.249. The van der Waals surface area contributed by atoms with Gasteiger partial charge in [0.2, 0.25) is 0 Å². The fourth-order valence-corrected chi connectivity index (χ4v) is 8.99. The molecule has 0 radical (unpaired) electrons. The van der Waals surface area contributed by atoms with Crippen LogP contribution >= 0.6 is 0 Å². The van der Waals surface area contributed by atoms with Crippen molar-refractivity contribution in [3.05, 3.63) is 144 Å². The van der Waals surface area contributed by atoms with E-state index in [4.69, 9.17) is 0 Å². The molecule has 6 aromatic rings. The van der Waals surface area contributed by atoms with E-state index in [1.165, 1.54) is 30.9 Å². The molecule has 0 aliphatic carbocycles. The molecule has 0 saturated carbocycles. The molecule has 3 aromatic heterocycles. The summed E-state index contributed by atoms with van der Waals surface area (Å²) in [7, 11) is 0. The molecule has 187 valence electrons. The van der Waals surface area contributed by atoms with Gasteiger partial charge in [-0.25, -0.2) is 0 Å². The molecule has 0 amide bonds. The van der Waals surface area contributed by atoms with E-state index in [9.17, 15) is 0 Å². The molecule has 6 rings (SSSR count). The predicted octanol–water partition coefficient (Wildman–Crippen LogP) is 3.58. The van der Waals surface area contributed by atoms with E-state index >= 15 is 0 Å². The van der Waals surface area contributed by atoms with Gasteiger partial charge in [-0.2, -0.15) is 15.3 Å². The first-order valence-electron chi connectivity index (χ1n) is 12.8. The molecule has 3 heterocycles. The van der Waals surface area contributed by atoms with Crippen molar-refractivity contribution < 1.29 is 17.9 Å². The monoisotopic (exact) mass is 533 g/mol. The molecule has 0 atom stereocenters. The van der Waals surface area contributed by atoms with Crippen LogP contribution in [-0.4, -0.2) is 37.3 Å². The van der Waals surface area contributed by atoms with E-state index < -0.39 is 17.9 Å². The van der Waals surface area contributed by atoms with Crippen molar-refractivity contribution in [3.63, 3.8) is 0 Å². The van der Waals surface area contributed by atoms with Crippen molar-refractivity contribution in [2.75, 3.05) is 0 Å². The van der Waals surface area contributed by atoms with Crippen LogP contribution in [0.15, 0.2) is 128 Å². The molecule has 0 fully saturated rings.